The first-order valence-corrected chi connectivity index (χ1v) is 9.57. The van der Waals surface area contributed by atoms with Crippen LogP contribution >= 0.6 is 11.6 Å². The maximum atomic E-state index is 12.4. The van der Waals surface area contributed by atoms with Crippen molar-refractivity contribution in [2.24, 2.45) is 0 Å². The highest BCUT2D eigenvalue weighted by atomic mass is 35.5. The van der Waals surface area contributed by atoms with E-state index in [1.54, 1.807) is 29.9 Å². The summed E-state index contributed by atoms with van der Waals surface area (Å²) in [5, 5.41) is 7.59. The minimum absolute atomic E-state index is 0.488. The topological polar surface area (TPSA) is 56.2 Å². The van der Waals surface area contributed by atoms with Crippen LogP contribution < -0.4 is 5.32 Å². The third-order valence-corrected chi connectivity index (χ3v) is 4.82. The Labute approximate surface area is 175 Å². The van der Waals surface area contributed by atoms with Gasteiger partial charge in [0.1, 0.15) is 11.9 Å². The first-order valence-electron chi connectivity index (χ1n) is 9.19. The Morgan fingerprint density at radius 1 is 1.21 bits per heavy atom. The summed E-state index contributed by atoms with van der Waals surface area (Å²) in [7, 11) is 0. The van der Waals surface area contributed by atoms with Crippen LogP contribution in [0.4, 0.5) is 10.6 Å². The Balaban J connectivity index is 1.72. The number of hydrogen-bond acceptors (Lipinski definition) is 3. The average Bonchev–Trinajstić information content (AvgIpc) is 3.17. The number of allylic oxidation sites excluding steroid dienone is 3. The number of aromatic nitrogens is 2. The van der Waals surface area contributed by atoms with E-state index in [1.165, 1.54) is 0 Å². The fourth-order valence-electron chi connectivity index (χ4n) is 2.96. The predicted octanol–water partition coefficient (Wildman–Crippen LogP) is 6.42. The van der Waals surface area contributed by atoms with Crippen LogP contribution in [0.5, 0.6) is 0 Å². The van der Waals surface area contributed by atoms with Gasteiger partial charge in [-0.2, -0.15) is 5.10 Å². The first-order chi connectivity index (χ1) is 14.0. The molecule has 1 heterocycles. The van der Waals surface area contributed by atoms with Crippen molar-refractivity contribution in [2.45, 2.75) is 20.0 Å². The third kappa shape index (κ3) is 4.76. The van der Waals surface area contributed by atoms with Crippen molar-refractivity contribution in [1.82, 2.24) is 9.78 Å². The Kier molecular flexibility index (Phi) is 6.52. The number of nitrogens with one attached hydrogen (secondary N) is 1. The lowest BCUT2D eigenvalue weighted by Gasteiger charge is -2.16. The number of benzene rings is 2. The van der Waals surface area contributed by atoms with E-state index in [1.807, 2.05) is 61.5 Å². The molecular weight excluding hydrogens is 386 g/mol. The lowest BCUT2D eigenvalue weighted by molar-refractivity contribution is 0.121. The van der Waals surface area contributed by atoms with Crippen LogP contribution in [0.3, 0.4) is 0 Å². The normalized spacial score (nSPS) is 12.3. The van der Waals surface area contributed by atoms with Crippen LogP contribution in [0.15, 0.2) is 79.5 Å². The van der Waals surface area contributed by atoms with Crippen molar-refractivity contribution < 1.29 is 9.53 Å². The average molecular weight is 408 g/mol. The van der Waals surface area contributed by atoms with Gasteiger partial charge in [0.25, 0.3) is 0 Å². The van der Waals surface area contributed by atoms with Crippen molar-refractivity contribution in [1.29, 1.82) is 0 Å². The standard InChI is InChI=1S/C23H22ClN3O2/c1-4-17(5-2)18-10-12-19(13-11-18)27-22(14-15-25-27)26-23(28)29-16(3)20-8-6-7-9-21(20)24/h4-16H,1H2,2-3H3,(H,26,28). The molecule has 3 rings (SSSR count). The maximum Gasteiger partial charge on any atom is 0.413 e. The molecule has 0 bridgehead atoms. The summed E-state index contributed by atoms with van der Waals surface area (Å²) in [6, 6.07) is 16.8. The van der Waals surface area contributed by atoms with Crippen LogP contribution in [0.1, 0.15) is 31.1 Å². The molecule has 3 aromatic rings. The molecule has 2 aromatic carbocycles. The van der Waals surface area contributed by atoms with Crippen LogP contribution in [0, 0.1) is 0 Å². The third-order valence-electron chi connectivity index (χ3n) is 4.48. The van der Waals surface area contributed by atoms with E-state index < -0.39 is 12.2 Å². The number of carbonyl (C=O) groups excluding carboxylic acids is 1. The second-order valence-electron chi connectivity index (χ2n) is 6.32. The smallest absolute Gasteiger partial charge is 0.413 e. The molecule has 1 N–H and O–H groups in total. The van der Waals surface area contributed by atoms with E-state index in [0.29, 0.717) is 10.8 Å². The maximum absolute atomic E-state index is 12.4. The Hall–Kier alpha value is -3.31. The summed E-state index contributed by atoms with van der Waals surface area (Å²) in [5.74, 6) is 0.504. The number of ether oxygens (including phenoxy) is 1. The highest BCUT2D eigenvalue weighted by molar-refractivity contribution is 6.31. The molecule has 0 saturated heterocycles. The summed E-state index contributed by atoms with van der Waals surface area (Å²) >= 11 is 6.17. The number of halogens is 1. The monoisotopic (exact) mass is 407 g/mol. The Morgan fingerprint density at radius 2 is 1.93 bits per heavy atom. The molecule has 0 spiro atoms. The quantitative estimate of drug-likeness (QED) is 0.479. The van der Waals surface area contributed by atoms with Gasteiger partial charge in [0.15, 0.2) is 0 Å². The van der Waals surface area contributed by atoms with Crippen LogP contribution in [-0.2, 0) is 4.74 Å². The van der Waals surface area contributed by atoms with E-state index in [4.69, 9.17) is 16.3 Å². The van der Waals surface area contributed by atoms with E-state index >= 15 is 0 Å². The highest BCUT2D eigenvalue weighted by Crippen LogP contribution is 2.26. The molecule has 0 aliphatic carbocycles. The molecule has 0 aliphatic rings. The predicted molar refractivity (Wildman–Crippen MR) is 117 cm³/mol. The number of hydrogen-bond donors (Lipinski definition) is 1. The molecule has 5 nitrogen and oxygen atoms in total. The van der Waals surface area contributed by atoms with E-state index in [2.05, 4.69) is 17.0 Å². The Bertz CT molecular complexity index is 1040. The Morgan fingerprint density at radius 3 is 2.59 bits per heavy atom. The number of anilines is 1. The van der Waals surface area contributed by atoms with Crippen molar-refractivity contribution >= 4 is 29.1 Å². The van der Waals surface area contributed by atoms with E-state index in [0.717, 1.165) is 22.4 Å². The van der Waals surface area contributed by atoms with Crippen LogP contribution in [0.25, 0.3) is 11.3 Å². The summed E-state index contributed by atoms with van der Waals surface area (Å²) in [6.45, 7) is 7.56. The summed E-state index contributed by atoms with van der Waals surface area (Å²) in [6.07, 6.45) is 4.35. The van der Waals surface area contributed by atoms with Gasteiger partial charge in [0, 0.05) is 16.7 Å². The van der Waals surface area contributed by atoms with E-state index in [9.17, 15) is 4.79 Å². The van der Waals surface area contributed by atoms with Gasteiger partial charge in [-0.1, -0.05) is 60.7 Å². The molecule has 148 valence electrons. The van der Waals surface area contributed by atoms with Crippen LogP contribution in [0.2, 0.25) is 5.02 Å². The number of rotatable bonds is 6. The fourth-order valence-corrected chi connectivity index (χ4v) is 3.25. The van der Waals surface area contributed by atoms with Crippen molar-refractivity contribution in [3.63, 3.8) is 0 Å². The van der Waals surface area contributed by atoms with Gasteiger partial charge in [0.2, 0.25) is 0 Å². The minimum Gasteiger partial charge on any atom is -0.441 e. The zero-order valence-electron chi connectivity index (χ0n) is 16.3. The molecule has 1 atom stereocenters. The van der Waals surface area contributed by atoms with Gasteiger partial charge < -0.3 is 4.74 Å². The van der Waals surface area contributed by atoms with Gasteiger partial charge in [-0.15, -0.1) is 0 Å². The molecule has 6 heteroatoms. The van der Waals surface area contributed by atoms with Crippen molar-refractivity contribution in [2.75, 3.05) is 5.32 Å². The summed E-state index contributed by atoms with van der Waals surface area (Å²) in [4.78, 5) is 12.4. The number of nitrogens with zero attached hydrogens (tertiary/aromatic N) is 2. The lowest BCUT2D eigenvalue weighted by Crippen LogP contribution is -2.18. The summed E-state index contributed by atoms with van der Waals surface area (Å²) < 4.78 is 7.10. The minimum atomic E-state index is -0.585. The molecule has 0 fully saturated rings. The largest absolute Gasteiger partial charge is 0.441 e. The first kappa shape index (κ1) is 20.4. The summed E-state index contributed by atoms with van der Waals surface area (Å²) in [5.41, 5.74) is 3.66. The molecule has 0 radical (unpaired) electrons. The SMILES string of the molecule is C=CC(=CC)c1ccc(-n2nccc2NC(=O)OC(C)c2ccccc2Cl)cc1. The van der Waals surface area contributed by atoms with Gasteiger partial charge in [0.05, 0.1) is 11.9 Å². The second kappa shape index (κ2) is 9.26. The molecule has 0 aliphatic heterocycles. The molecule has 1 aromatic heterocycles. The van der Waals surface area contributed by atoms with Gasteiger partial charge in [-0.3, -0.25) is 5.32 Å². The van der Waals surface area contributed by atoms with E-state index in [-0.39, 0.29) is 0 Å². The van der Waals surface area contributed by atoms with Crippen molar-refractivity contribution in [3.05, 3.63) is 95.7 Å². The van der Waals surface area contributed by atoms with Gasteiger partial charge in [-0.05, 0) is 43.2 Å². The number of carbonyl (C=O) groups is 1. The lowest BCUT2D eigenvalue weighted by atomic mass is 10.1. The highest BCUT2D eigenvalue weighted by Gasteiger charge is 2.16. The molecule has 29 heavy (non-hydrogen) atoms. The second-order valence-corrected chi connectivity index (χ2v) is 6.72. The van der Waals surface area contributed by atoms with Crippen molar-refractivity contribution in [3.8, 4) is 5.69 Å². The fraction of sp³-hybridized carbons (Fsp3) is 0.130. The molecule has 0 saturated carbocycles. The molecule has 1 unspecified atom stereocenters. The number of amides is 1. The zero-order valence-corrected chi connectivity index (χ0v) is 17.1. The van der Waals surface area contributed by atoms with Gasteiger partial charge >= 0.3 is 6.09 Å². The van der Waals surface area contributed by atoms with Gasteiger partial charge in [-0.25, -0.2) is 9.48 Å². The van der Waals surface area contributed by atoms with Crippen LogP contribution in [-0.4, -0.2) is 15.9 Å². The molecular formula is C23H22ClN3O2. The zero-order chi connectivity index (χ0) is 20.8. The molecule has 1 amide bonds.